The molecule has 32 heavy (non-hydrogen) atoms. The maximum atomic E-state index is 13.3. The lowest BCUT2D eigenvalue weighted by molar-refractivity contribution is 0.323. The second-order valence-electron chi connectivity index (χ2n) is 8.55. The third-order valence-electron chi connectivity index (χ3n) is 5.87. The highest BCUT2D eigenvalue weighted by atomic mass is 19.1. The summed E-state index contributed by atoms with van der Waals surface area (Å²) in [5.41, 5.74) is 1.58. The highest BCUT2D eigenvalue weighted by Crippen LogP contribution is 2.28. The second-order valence-corrected chi connectivity index (χ2v) is 8.55. The van der Waals surface area contributed by atoms with Crippen LogP contribution in [-0.4, -0.2) is 36.6 Å². The van der Waals surface area contributed by atoms with Gasteiger partial charge in [0.25, 0.3) is 0 Å². The van der Waals surface area contributed by atoms with Gasteiger partial charge < -0.3 is 15.5 Å². The first-order valence-electron chi connectivity index (χ1n) is 10.8. The van der Waals surface area contributed by atoms with E-state index in [4.69, 9.17) is 9.97 Å². The maximum absolute atomic E-state index is 13.3. The first-order valence-corrected chi connectivity index (χ1v) is 10.8. The van der Waals surface area contributed by atoms with Gasteiger partial charge in [0, 0.05) is 38.1 Å². The van der Waals surface area contributed by atoms with Crippen molar-refractivity contribution in [1.82, 2.24) is 15.3 Å². The van der Waals surface area contributed by atoms with Crippen LogP contribution in [0.15, 0.2) is 42.5 Å². The van der Waals surface area contributed by atoms with Crippen molar-refractivity contribution < 1.29 is 8.78 Å². The molecule has 4 rings (SSSR count). The zero-order chi connectivity index (χ0) is 21.8. The normalized spacial score (nSPS) is 18.2. The minimum absolute atomic E-state index is 0. The summed E-state index contributed by atoms with van der Waals surface area (Å²) in [6, 6.07) is 12.1. The summed E-state index contributed by atoms with van der Waals surface area (Å²) in [4.78, 5) is 11.5. The summed E-state index contributed by atoms with van der Waals surface area (Å²) in [5, 5.41) is 7.92. The Morgan fingerprint density at radius 3 is 2.34 bits per heavy atom. The van der Waals surface area contributed by atoms with E-state index in [2.05, 4.69) is 10.6 Å². The van der Waals surface area contributed by atoms with Crippen LogP contribution >= 0.6 is 0 Å². The van der Waals surface area contributed by atoms with E-state index in [0.717, 1.165) is 55.0 Å². The van der Waals surface area contributed by atoms with Crippen molar-refractivity contribution in [3.8, 4) is 0 Å². The van der Waals surface area contributed by atoms with Crippen LogP contribution in [0.25, 0.3) is 10.9 Å². The van der Waals surface area contributed by atoms with Crippen molar-refractivity contribution >= 4 is 22.7 Å². The molecule has 1 aromatic heterocycles. The van der Waals surface area contributed by atoms with E-state index < -0.39 is 11.6 Å². The van der Waals surface area contributed by atoms with Crippen LogP contribution in [0, 0.1) is 17.6 Å². The molecule has 1 aliphatic rings. The summed E-state index contributed by atoms with van der Waals surface area (Å²) < 4.78 is 26.6. The largest absolute Gasteiger partial charge is 0.362 e. The lowest BCUT2D eigenvalue weighted by atomic mass is 9.86. The van der Waals surface area contributed by atoms with E-state index >= 15 is 0 Å². The molecule has 0 saturated heterocycles. The third-order valence-corrected chi connectivity index (χ3v) is 5.87. The summed E-state index contributed by atoms with van der Waals surface area (Å²) in [5.74, 6) is 1.09. The fourth-order valence-electron chi connectivity index (χ4n) is 4.29. The van der Waals surface area contributed by atoms with E-state index in [1.54, 1.807) is 0 Å². The van der Waals surface area contributed by atoms with Crippen molar-refractivity contribution in [2.24, 2.45) is 5.92 Å². The number of para-hydroxylation sites is 1. The van der Waals surface area contributed by atoms with Crippen LogP contribution in [0.4, 0.5) is 20.5 Å². The quantitative estimate of drug-likeness (QED) is 0.516. The van der Waals surface area contributed by atoms with Gasteiger partial charge in [-0.3, -0.25) is 0 Å². The van der Waals surface area contributed by atoms with Crippen molar-refractivity contribution in [1.29, 1.82) is 0 Å². The van der Waals surface area contributed by atoms with Crippen LogP contribution in [0.2, 0.25) is 0 Å². The van der Waals surface area contributed by atoms with Gasteiger partial charge in [0.1, 0.15) is 17.5 Å². The average molecular weight is 442 g/mol. The van der Waals surface area contributed by atoms with Crippen LogP contribution in [0.3, 0.4) is 0 Å². The van der Waals surface area contributed by atoms with Crippen molar-refractivity contribution in [2.45, 2.75) is 45.7 Å². The number of hydrogen-bond donors (Lipinski definition) is 2. The van der Waals surface area contributed by atoms with Gasteiger partial charge in [0.05, 0.1) is 5.52 Å². The highest BCUT2D eigenvalue weighted by molar-refractivity contribution is 5.90. The molecular weight excluding hydrogens is 408 g/mol. The topological polar surface area (TPSA) is 53.1 Å². The van der Waals surface area contributed by atoms with Gasteiger partial charge in [-0.15, -0.1) is 0 Å². The van der Waals surface area contributed by atoms with Gasteiger partial charge in [-0.25, -0.2) is 13.8 Å². The van der Waals surface area contributed by atoms with E-state index in [0.29, 0.717) is 30.0 Å². The Bertz CT molecular complexity index is 1010. The SMILES string of the molecule is C.CN(C)c1nc(NC2CCC(CNCc3cc(F)cc(F)c3)CC2)nc2ccccc12. The van der Waals surface area contributed by atoms with Gasteiger partial charge in [0.15, 0.2) is 0 Å². The Kier molecular flexibility index (Phi) is 7.96. The molecule has 0 radical (unpaired) electrons. The molecule has 1 heterocycles. The zero-order valence-corrected chi connectivity index (χ0v) is 18.0. The monoisotopic (exact) mass is 441 g/mol. The molecule has 0 unspecified atom stereocenters. The highest BCUT2D eigenvalue weighted by Gasteiger charge is 2.22. The van der Waals surface area contributed by atoms with Gasteiger partial charge >= 0.3 is 0 Å². The van der Waals surface area contributed by atoms with Gasteiger partial charge in [-0.2, -0.15) is 4.98 Å². The fraction of sp³-hybridized carbons (Fsp3) is 0.440. The molecule has 3 aromatic rings. The number of benzene rings is 2. The molecule has 1 saturated carbocycles. The number of fused-ring (bicyclic) bond motifs is 1. The first-order chi connectivity index (χ1) is 15.0. The standard InChI is InChI=1S/C24H29F2N5.CH4/c1-31(2)23-21-5-3-4-6-22(21)29-24(30-23)28-20-9-7-16(8-10-20)14-27-15-17-11-18(25)13-19(26)12-17;/h3-6,11-13,16,20,27H,7-10,14-15H2,1-2H3,(H,28,29,30);1H4. The van der Waals surface area contributed by atoms with Crippen LogP contribution in [0.1, 0.15) is 38.7 Å². The van der Waals surface area contributed by atoms with Crippen molar-refractivity contribution in [3.05, 3.63) is 59.7 Å². The number of anilines is 2. The molecule has 1 fully saturated rings. The maximum Gasteiger partial charge on any atom is 0.225 e. The molecule has 2 N–H and O–H groups in total. The Labute approximate surface area is 189 Å². The summed E-state index contributed by atoms with van der Waals surface area (Å²) in [6.07, 6.45) is 4.29. The van der Waals surface area contributed by atoms with Gasteiger partial charge in [-0.1, -0.05) is 19.6 Å². The minimum atomic E-state index is -0.531. The lowest BCUT2D eigenvalue weighted by Gasteiger charge is -2.29. The number of nitrogens with one attached hydrogen (secondary N) is 2. The smallest absolute Gasteiger partial charge is 0.225 e. The summed E-state index contributed by atoms with van der Waals surface area (Å²) in [6.45, 7) is 1.33. The van der Waals surface area contributed by atoms with E-state index in [1.807, 2.05) is 43.3 Å². The molecule has 7 heteroatoms. The molecule has 0 atom stereocenters. The summed E-state index contributed by atoms with van der Waals surface area (Å²) >= 11 is 0. The van der Waals surface area contributed by atoms with Crippen LogP contribution in [-0.2, 0) is 6.54 Å². The fourth-order valence-corrected chi connectivity index (χ4v) is 4.29. The van der Waals surface area contributed by atoms with Crippen molar-refractivity contribution in [2.75, 3.05) is 30.9 Å². The van der Waals surface area contributed by atoms with E-state index in [9.17, 15) is 8.78 Å². The average Bonchev–Trinajstić information content (AvgIpc) is 2.73. The predicted molar refractivity (Wildman–Crippen MR) is 128 cm³/mol. The molecule has 0 spiro atoms. The second kappa shape index (κ2) is 10.7. The Hall–Kier alpha value is -2.80. The number of nitrogens with zero attached hydrogens (tertiary/aromatic N) is 3. The van der Waals surface area contributed by atoms with E-state index in [-0.39, 0.29) is 7.43 Å². The summed E-state index contributed by atoms with van der Waals surface area (Å²) in [7, 11) is 3.99. The van der Waals surface area contributed by atoms with Gasteiger partial charge in [-0.05, 0) is 68.0 Å². The van der Waals surface area contributed by atoms with Gasteiger partial charge in [0.2, 0.25) is 5.95 Å². The Morgan fingerprint density at radius 1 is 0.969 bits per heavy atom. The molecule has 172 valence electrons. The molecule has 1 aliphatic carbocycles. The van der Waals surface area contributed by atoms with Crippen LogP contribution < -0.4 is 15.5 Å². The molecular formula is C25H33F2N5. The molecule has 0 bridgehead atoms. The molecule has 0 amide bonds. The predicted octanol–water partition coefficient (Wildman–Crippen LogP) is 5.37. The molecule has 0 aliphatic heterocycles. The van der Waals surface area contributed by atoms with Crippen molar-refractivity contribution in [3.63, 3.8) is 0 Å². The van der Waals surface area contributed by atoms with E-state index in [1.165, 1.54) is 12.1 Å². The lowest BCUT2D eigenvalue weighted by Crippen LogP contribution is -2.31. The molecule has 2 aromatic carbocycles. The minimum Gasteiger partial charge on any atom is -0.362 e. The first kappa shape index (κ1) is 23.9. The molecule has 5 nitrogen and oxygen atoms in total. The Balaban J connectivity index is 0.00000289. The van der Waals surface area contributed by atoms with Crippen LogP contribution in [0.5, 0.6) is 0 Å². The third kappa shape index (κ3) is 5.91. The Morgan fingerprint density at radius 2 is 1.66 bits per heavy atom. The number of halogens is 2. The number of aromatic nitrogens is 2. The number of rotatable bonds is 7. The number of hydrogen-bond acceptors (Lipinski definition) is 5. The zero-order valence-electron chi connectivity index (χ0n) is 18.0.